The van der Waals surface area contributed by atoms with Gasteiger partial charge in [-0.05, 0) is 36.8 Å². The van der Waals surface area contributed by atoms with E-state index in [9.17, 15) is 0 Å². The zero-order valence-electron chi connectivity index (χ0n) is 10.8. The maximum atomic E-state index is 3.37. The summed E-state index contributed by atoms with van der Waals surface area (Å²) >= 11 is 1.90. The zero-order chi connectivity index (χ0) is 12.0. The topological polar surface area (TPSA) is 12.0 Å². The van der Waals surface area contributed by atoms with Crippen LogP contribution in [0.3, 0.4) is 0 Å². The predicted octanol–water partition coefficient (Wildman–Crippen LogP) is 3.30. The van der Waals surface area contributed by atoms with E-state index in [2.05, 4.69) is 49.7 Å². The fourth-order valence-electron chi connectivity index (χ4n) is 1.77. The highest BCUT2D eigenvalue weighted by atomic mass is 32.2. The molecule has 1 rings (SSSR count). The Morgan fingerprint density at radius 3 is 2.25 bits per heavy atom. The molecule has 0 bridgehead atoms. The van der Waals surface area contributed by atoms with Crippen molar-refractivity contribution >= 4 is 11.8 Å². The third-order valence-corrected chi connectivity index (χ3v) is 3.64. The molecule has 0 aromatic heterocycles. The van der Waals surface area contributed by atoms with Crippen molar-refractivity contribution in [3.63, 3.8) is 0 Å². The summed E-state index contributed by atoms with van der Waals surface area (Å²) in [4.78, 5) is 0. The van der Waals surface area contributed by atoms with E-state index in [4.69, 9.17) is 0 Å². The highest BCUT2D eigenvalue weighted by Crippen LogP contribution is 2.15. The van der Waals surface area contributed by atoms with Crippen LogP contribution in [0.5, 0.6) is 0 Å². The molecule has 0 aliphatic rings. The molecule has 0 spiro atoms. The second-order valence-corrected chi connectivity index (χ2v) is 5.45. The van der Waals surface area contributed by atoms with E-state index in [-0.39, 0.29) is 0 Å². The van der Waals surface area contributed by atoms with Crippen molar-refractivity contribution in [2.75, 3.05) is 19.1 Å². The van der Waals surface area contributed by atoms with Crippen LogP contribution in [-0.4, -0.2) is 25.1 Å². The minimum Gasteiger partial charge on any atom is -0.316 e. The highest BCUT2D eigenvalue weighted by molar-refractivity contribution is 7.98. The summed E-state index contributed by atoms with van der Waals surface area (Å²) in [5, 5.41) is 3.37. The standard InChI is InChI=1S/C14H23NS/c1-11(2)13-7-5-12(6-8-13)9-14(15-3)10-16-4/h5-8,11,14-15H,9-10H2,1-4H3. The quantitative estimate of drug-likeness (QED) is 0.814. The first-order valence-electron chi connectivity index (χ1n) is 5.92. The van der Waals surface area contributed by atoms with Crippen LogP contribution in [0.4, 0.5) is 0 Å². The molecule has 0 saturated heterocycles. The van der Waals surface area contributed by atoms with Crippen LogP contribution in [0, 0.1) is 0 Å². The van der Waals surface area contributed by atoms with Crippen molar-refractivity contribution in [1.82, 2.24) is 5.32 Å². The molecule has 0 aliphatic heterocycles. The lowest BCUT2D eigenvalue weighted by atomic mass is 9.99. The van der Waals surface area contributed by atoms with E-state index < -0.39 is 0 Å². The molecule has 0 fully saturated rings. The van der Waals surface area contributed by atoms with Crippen LogP contribution >= 0.6 is 11.8 Å². The molecule has 1 nitrogen and oxygen atoms in total. The number of benzene rings is 1. The van der Waals surface area contributed by atoms with E-state index in [1.807, 2.05) is 18.8 Å². The number of hydrogen-bond donors (Lipinski definition) is 1. The largest absolute Gasteiger partial charge is 0.316 e. The second kappa shape index (κ2) is 6.97. The van der Waals surface area contributed by atoms with Gasteiger partial charge in [-0.25, -0.2) is 0 Å². The van der Waals surface area contributed by atoms with Gasteiger partial charge in [-0.3, -0.25) is 0 Å². The molecule has 0 amide bonds. The molecule has 1 N–H and O–H groups in total. The summed E-state index contributed by atoms with van der Waals surface area (Å²) in [5.41, 5.74) is 2.85. The van der Waals surface area contributed by atoms with E-state index >= 15 is 0 Å². The molecule has 1 atom stereocenters. The summed E-state index contributed by atoms with van der Waals surface area (Å²) in [6, 6.07) is 9.62. The van der Waals surface area contributed by atoms with Gasteiger partial charge < -0.3 is 5.32 Å². The smallest absolute Gasteiger partial charge is 0.0195 e. The molecule has 1 aromatic rings. The van der Waals surface area contributed by atoms with Crippen LogP contribution < -0.4 is 5.32 Å². The van der Waals surface area contributed by atoms with Crippen molar-refractivity contribution in [2.24, 2.45) is 0 Å². The van der Waals surface area contributed by atoms with Gasteiger partial charge in [-0.1, -0.05) is 38.1 Å². The van der Waals surface area contributed by atoms with Crippen molar-refractivity contribution in [1.29, 1.82) is 0 Å². The van der Waals surface area contributed by atoms with Gasteiger partial charge in [0.05, 0.1) is 0 Å². The molecular weight excluding hydrogens is 214 g/mol. The van der Waals surface area contributed by atoms with E-state index in [1.165, 1.54) is 16.9 Å². The molecule has 16 heavy (non-hydrogen) atoms. The normalized spacial score (nSPS) is 13.1. The minimum absolute atomic E-state index is 0.583. The SMILES string of the molecule is CNC(CSC)Cc1ccc(C(C)C)cc1. The second-order valence-electron chi connectivity index (χ2n) is 4.54. The van der Waals surface area contributed by atoms with Crippen molar-refractivity contribution < 1.29 is 0 Å². The lowest BCUT2D eigenvalue weighted by molar-refractivity contribution is 0.617. The molecule has 0 radical (unpaired) electrons. The Morgan fingerprint density at radius 1 is 1.19 bits per heavy atom. The van der Waals surface area contributed by atoms with Gasteiger partial charge >= 0.3 is 0 Å². The number of likely N-dealkylation sites (N-methyl/N-ethyl adjacent to an activating group) is 1. The molecular formula is C14H23NS. The van der Waals surface area contributed by atoms with Gasteiger partial charge in [0, 0.05) is 11.8 Å². The first-order chi connectivity index (χ1) is 7.67. The highest BCUT2D eigenvalue weighted by Gasteiger charge is 2.06. The maximum absolute atomic E-state index is 3.37. The Balaban J connectivity index is 2.60. The van der Waals surface area contributed by atoms with Crippen molar-refractivity contribution in [3.8, 4) is 0 Å². The minimum atomic E-state index is 0.583. The Kier molecular flexibility index (Phi) is 5.93. The van der Waals surface area contributed by atoms with Gasteiger partial charge in [-0.15, -0.1) is 0 Å². The Hall–Kier alpha value is -0.470. The Bertz CT molecular complexity index is 292. The van der Waals surface area contributed by atoms with Gasteiger partial charge in [0.15, 0.2) is 0 Å². The first kappa shape index (κ1) is 13.6. The number of hydrogen-bond acceptors (Lipinski definition) is 2. The monoisotopic (exact) mass is 237 g/mol. The van der Waals surface area contributed by atoms with Gasteiger partial charge in [0.1, 0.15) is 0 Å². The van der Waals surface area contributed by atoms with E-state index in [1.54, 1.807) is 0 Å². The van der Waals surface area contributed by atoms with E-state index in [0.717, 1.165) is 6.42 Å². The van der Waals surface area contributed by atoms with Gasteiger partial charge in [0.25, 0.3) is 0 Å². The predicted molar refractivity (Wildman–Crippen MR) is 75.5 cm³/mol. The summed E-state index contributed by atoms with van der Waals surface area (Å²) in [6.07, 6.45) is 3.28. The lowest BCUT2D eigenvalue weighted by Crippen LogP contribution is -2.29. The molecule has 0 aliphatic carbocycles. The van der Waals surface area contributed by atoms with Crippen molar-refractivity contribution in [3.05, 3.63) is 35.4 Å². The molecule has 0 heterocycles. The third-order valence-electron chi connectivity index (χ3n) is 2.90. The maximum Gasteiger partial charge on any atom is 0.0195 e. The van der Waals surface area contributed by atoms with Gasteiger partial charge in [0.2, 0.25) is 0 Å². The van der Waals surface area contributed by atoms with Crippen LogP contribution in [0.25, 0.3) is 0 Å². The summed E-state index contributed by atoms with van der Waals surface area (Å²) < 4.78 is 0. The summed E-state index contributed by atoms with van der Waals surface area (Å²) in [5.74, 6) is 1.79. The summed E-state index contributed by atoms with van der Waals surface area (Å²) in [7, 11) is 2.05. The van der Waals surface area contributed by atoms with Crippen LogP contribution in [0.15, 0.2) is 24.3 Å². The molecule has 1 aromatic carbocycles. The number of nitrogens with one attached hydrogen (secondary N) is 1. The summed E-state index contributed by atoms with van der Waals surface area (Å²) in [6.45, 7) is 4.47. The van der Waals surface area contributed by atoms with Crippen LogP contribution in [0.1, 0.15) is 30.9 Å². The lowest BCUT2D eigenvalue weighted by Gasteiger charge is -2.15. The average Bonchev–Trinajstić information content (AvgIpc) is 2.29. The number of thioether (sulfide) groups is 1. The molecule has 90 valence electrons. The first-order valence-corrected chi connectivity index (χ1v) is 7.31. The molecule has 0 saturated carbocycles. The van der Waals surface area contributed by atoms with E-state index in [0.29, 0.717) is 12.0 Å². The molecule has 1 unspecified atom stereocenters. The Labute approximate surface area is 104 Å². The molecule has 2 heteroatoms. The number of rotatable bonds is 6. The van der Waals surface area contributed by atoms with Crippen molar-refractivity contribution in [2.45, 2.75) is 32.2 Å². The Morgan fingerprint density at radius 2 is 1.81 bits per heavy atom. The van der Waals surface area contributed by atoms with Crippen LogP contribution in [0.2, 0.25) is 0 Å². The van der Waals surface area contributed by atoms with Crippen LogP contribution in [-0.2, 0) is 6.42 Å². The fraction of sp³-hybridized carbons (Fsp3) is 0.571. The fourth-order valence-corrected chi connectivity index (χ4v) is 2.46. The average molecular weight is 237 g/mol. The third kappa shape index (κ3) is 4.18. The van der Waals surface area contributed by atoms with Gasteiger partial charge in [-0.2, -0.15) is 11.8 Å². The zero-order valence-corrected chi connectivity index (χ0v) is 11.6.